The molecular formula is C16H23N3O. The van der Waals surface area contributed by atoms with Crippen molar-refractivity contribution in [2.24, 2.45) is 5.92 Å². The summed E-state index contributed by atoms with van der Waals surface area (Å²) < 4.78 is 1.86. The zero-order valence-electron chi connectivity index (χ0n) is 12.4. The fourth-order valence-corrected chi connectivity index (χ4v) is 1.83. The smallest absolute Gasteiger partial charge is 0.0766 e. The average molecular weight is 273 g/mol. The Hall–Kier alpha value is -1.65. The highest BCUT2D eigenvalue weighted by atomic mass is 16.3. The molecule has 0 saturated heterocycles. The first-order chi connectivity index (χ1) is 9.49. The van der Waals surface area contributed by atoms with Gasteiger partial charge < -0.3 is 10.4 Å². The molecule has 2 aromatic rings. The average Bonchev–Trinajstić information content (AvgIpc) is 2.88. The highest BCUT2D eigenvalue weighted by molar-refractivity contribution is 5.30. The topological polar surface area (TPSA) is 50.1 Å². The van der Waals surface area contributed by atoms with Gasteiger partial charge in [0.1, 0.15) is 0 Å². The van der Waals surface area contributed by atoms with E-state index in [-0.39, 0.29) is 5.92 Å². The molecule has 0 amide bonds. The number of aromatic nitrogens is 2. The summed E-state index contributed by atoms with van der Waals surface area (Å²) in [5, 5.41) is 17.9. The molecule has 0 aliphatic heterocycles. The van der Waals surface area contributed by atoms with Crippen LogP contribution in [0, 0.1) is 5.92 Å². The van der Waals surface area contributed by atoms with Crippen molar-refractivity contribution in [1.82, 2.24) is 15.1 Å². The predicted octanol–water partition coefficient (Wildman–Crippen LogP) is 2.37. The molecule has 1 aromatic heterocycles. The number of benzene rings is 1. The minimum atomic E-state index is -0.692. The third-order valence-electron chi connectivity index (χ3n) is 3.70. The van der Waals surface area contributed by atoms with Crippen LogP contribution in [0.15, 0.2) is 42.6 Å². The van der Waals surface area contributed by atoms with E-state index in [0.717, 1.165) is 11.4 Å². The maximum atomic E-state index is 10.2. The van der Waals surface area contributed by atoms with Crippen LogP contribution < -0.4 is 5.32 Å². The summed E-state index contributed by atoms with van der Waals surface area (Å²) in [6.45, 7) is 7.11. The van der Waals surface area contributed by atoms with Crippen LogP contribution in [0.25, 0.3) is 5.69 Å². The molecule has 4 nitrogen and oxygen atoms in total. The number of para-hydroxylation sites is 1. The summed E-state index contributed by atoms with van der Waals surface area (Å²) >= 11 is 0. The number of hydrogen-bond donors (Lipinski definition) is 2. The van der Waals surface area contributed by atoms with E-state index >= 15 is 0 Å². The lowest BCUT2D eigenvalue weighted by atomic mass is 9.92. The van der Waals surface area contributed by atoms with E-state index in [4.69, 9.17) is 0 Å². The third-order valence-corrected chi connectivity index (χ3v) is 3.70. The van der Waals surface area contributed by atoms with Gasteiger partial charge in [-0.2, -0.15) is 5.10 Å². The standard InChI is InChI=1S/C16H23N3O/c1-13(2)16(3,20)12-17-11-14-9-10-19(18-14)15-7-5-4-6-8-15/h4-10,13,17,20H,11-12H2,1-3H3. The molecule has 20 heavy (non-hydrogen) atoms. The van der Waals surface area contributed by atoms with Gasteiger partial charge in [0.05, 0.1) is 17.0 Å². The molecule has 2 rings (SSSR count). The summed E-state index contributed by atoms with van der Waals surface area (Å²) in [4.78, 5) is 0. The zero-order chi connectivity index (χ0) is 14.6. The molecule has 0 spiro atoms. The molecule has 4 heteroatoms. The summed E-state index contributed by atoms with van der Waals surface area (Å²) in [5.74, 6) is 0.219. The van der Waals surface area contributed by atoms with Crippen molar-refractivity contribution >= 4 is 0 Å². The largest absolute Gasteiger partial charge is 0.389 e. The molecule has 1 aromatic carbocycles. The van der Waals surface area contributed by atoms with Gasteiger partial charge >= 0.3 is 0 Å². The molecule has 1 heterocycles. The van der Waals surface area contributed by atoms with E-state index in [9.17, 15) is 5.11 Å². The first-order valence-electron chi connectivity index (χ1n) is 7.02. The molecule has 0 radical (unpaired) electrons. The Morgan fingerprint density at radius 2 is 1.95 bits per heavy atom. The molecule has 0 saturated carbocycles. The molecule has 0 bridgehead atoms. The molecule has 0 aliphatic carbocycles. The number of nitrogens with zero attached hydrogens (tertiary/aromatic N) is 2. The summed E-state index contributed by atoms with van der Waals surface area (Å²) in [6, 6.07) is 12.0. The number of nitrogens with one attached hydrogen (secondary N) is 1. The summed E-state index contributed by atoms with van der Waals surface area (Å²) in [7, 11) is 0. The van der Waals surface area contributed by atoms with Crippen molar-refractivity contribution in [1.29, 1.82) is 0 Å². The Morgan fingerprint density at radius 3 is 2.60 bits per heavy atom. The van der Waals surface area contributed by atoms with Crippen LogP contribution in [0.2, 0.25) is 0 Å². The Balaban J connectivity index is 1.91. The van der Waals surface area contributed by atoms with E-state index in [0.29, 0.717) is 13.1 Å². The highest BCUT2D eigenvalue weighted by Crippen LogP contribution is 2.14. The van der Waals surface area contributed by atoms with Crippen molar-refractivity contribution in [2.45, 2.75) is 32.9 Å². The number of rotatable bonds is 6. The highest BCUT2D eigenvalue weighted by Gasteiger charge is 2.24. The number of hydrogen-bond acceptors (Lipinski definition) is 3. The molecule has 108 valence electrons. The third kappa shape index (κ3) is 3.68. The van der Waals surface area contributed by atoms with Crippen LogP contribution in [0.1, 0.15) is 26.5 Å². The van der Waals surface area contributed by atoms with Gasteiger partial charge in [0.25, 0.3) is 0 Å². The van der Waals surface area contributed by atoms with Crippen LogP contribution in [-0.4, -0.2) is 27.0 Å². The normalized spacial score (nSPS) is 14.4. The van der Waals surface area contributed by atoms with E-state index in [1.165, 1.54) is 0 Å². The summed E-state index contributed by atoms with van der Waals surface area (Å²) in [6.07, 6.45) is 1.95. The monoisotopic (exact) mass is 273 g/mol. The van der Waals surface area contributed by atoms with Gasteiger partial charge in [0, 0.05) is 19.3 Å². The lowest BCUT2D eigenvalue weighted by Crippen LogP contribution is -2.42. The van der Waals surface area contributed by atoms with E-state index in [1.54, 1.807) is 0 Å². The molecule has 0 fully saturated rings. The molecule has 0 aliphatic rings. The van der Waals surface area contributed by atoms with Gasteiger partial charge in [0.15, 0.2) is 0 Å². The van der Waals surface area contributed by atoms with Crippen molar-refractivity contribution in [3.8, 4) is 5.69 Å². The second-order valence-corrected chi connectivity index (χ2v) is 5.70. The zero-order valence-corrected chi connectivity index (χ0v) is 12.4. The van der Waals surface area contributed by atoms with Gasteiger partial charge in [-0.15, -0.1) is 0 Å². The minimum absolute atomic E-state index is 0.219. The molecule has 1 unspecified atom stereocenters. The van der Waals surface area contributed by atoms with Crippen molar-refractivity contribution in [2.75, 3.05) is 6.54 Å². The maximum absolute atomic E-state index is 10.2. The predicted molar refractivity (Wildman–Crippen MR) is 80.7 cm³/mol. The second-order valence-electron chi connectivity index (χ2n) is 5.70. The Bertz CT molecular complexity index is 532. The van der Waals surface area contributed by atoms with Gasteiger partial charge in [-0.05, 0) is 31.0 Å². The SMILES string of the molecule is CC(C)C(C)(O)CNCc1ccn(-c2ccccc2)n1. The second kappa shape index (κ2) is 6.20. The molecular weight excluding hydrogens is 250 g/mol. The van der Waals surface area contributed by atoms with Crippen LogP contribution >= 0.6 is 0 Å². The van der Waals surface area contributed by atoms with Crippen LogP contribution in [0.5, 0.6) is 0 Å². The Morgan fingerprint density at radius 1 is 1.25 bits per heavy atom. The van der Waals surface area contributed by atoms with Crippen molar-refractivity contribution in [3.63, 3.8) is 0 Å². The Kier molecular flexibility index (Phi) is 4.57. The lowest BCUT2D eigenvalue weighted by Gasteiger charge is -2.27. The van der Waals surface area contributed by atoms with Gasteiger partial charge in [0.2, 0.25) is 0 Å². The van der Waals surface area contributed by atoms with Crippen LogP contribution in [0.4, 0.5) is 0 Å². The van der Waals surface area contributed by atoms with Gasteiger partial charge in [-0.1, -0.05) is 32.0 Å². The van der Waals surface area contributed by atoms with Crippen molar-refractivity contribution < 1.29 is 5.11 Å². The minimum Gasteiger partial charge on any atom is -0.389 e. The van der Waals surface area contributed by atoms with E-state index in [2.05, 4.69) is 10.4 Å². The molecule has 2 N–H and O–H groups in total. The first-order valence-corrected chi connectivity index (χ1v) is 7.02. The van der Waals surface area contributed by atoms with Crippen molar-refractivity contribution in [3.05, 3.63) is 48.3 Å². The maximum Gasteiger partial charge on any atom is 0.0766 e. The summed E-state index contributed by atoms with van der Waals surface area (Å²) in [5.41, 5.74) is 1.32. The van der Waals surface area contributed by atoms with Crippen LogP contribution in [0.3, 0.4) is 0 Å². The van der Waals surface area contributed by atoms with Gasteiger partial charge in [-0.25, -0.2) is 4.68 Å². The Labute approximate surface area is 120 Å². The quantitative estimate of drug-likeness (QED) is 0.849. The molecule has 1 atom stereocenters. The lowest BCUT2D eigenvalue weighted by molar-refractivity contribution is 0.0139. The van der Waals surface area contributed by atoms with Crippen LogP contribution in [-0.2, 0) is 6.54 Å². The van der Waals surface area contributed by atoms with Gasteiger partial charge in [-0.3, -0.25) is 0 Å². The fourth-order valence-electron chi connectivity index (χ4n) is 1.83. The van der Waals surface area contributed by atoms with E-state index in [1.807, 2.05) is 68.0 Å². The number of aliphatic hydroxyl groups is 1. The fraction of sp³-hybridized carbons (Fsp3) is 0.438. The van der Waals surface area contributed by atoms with E-state index < -0.39 is 5.60 Å². The first kappa shape index (κ1) is 14.8.